The van der Waals surface area contributed by atoms with Gasteiger partial charge in [0.2, 0.25) is 5.91 Å². The van der Waals surface area contributed by atoms with Gasteiger partial charge in [-0.1, -0.05) is 11.8 Å². The predicted molar refractivity (Wildman–Crippen MR) is 110 cm³/mol. The fraction of sp³-hybridized carbons (Fsp3) is 0.526. The van der Waals surface area contributed by atoms with Crippen LogP contribution in [0.2, 0.25) is 0 Å². The number of rotatable bonds is 7. The molecule has 4 rings (SSSR count). The van der Waals surface area contributed by atoms with E-state index in [2.05, 4.69) is 26.6 Å². The zero-order valence-electron chi connectivity index (χ0n) is 16.4. The second-order valence-electron chi connectivity index (χ2n) is 7.29. The molecule has 2 fully saturated rings. The Morgan fingerprint density at radius 3 is 2.45 bits per heavy atom. The minimum absolute atomic E-state index is 0.0874. The molecule has 9 nitrogen and oxygen atoms in total. The summed E-state index contributed by atoms with van der Waals surface area (Å²) >= 11 is 1.46. The third-order valence-corrected chi connectivity index (χ3v) is 6.34. The van der Waals surface area contributed by atoms with Crippen LogP contribution in [0, 0.1) is 10.1 Å². The summed E-state index contributed by atoms with van der Waals surface area (Å²) < 4.78 is 2.13. The van der Waals surface area contributed by atoms with Crippen LogP contribution in [0.4, 0.5) is 11.4 Å². The molecular formula is C19H24N6O3S. The first-order valence-electron chi connectivity index (χ1n) is 9.90. The second-order valence-corrected chi connectivity index (χ2v) is 8.23. The average Bonchev–Trinajstić information content (AvgIpc) is 3.51. The molecule has 1 aromatic heterocycles. The lowest BCUT2D eigenvalue weighted by molar-refractivity contribution is -0.384. The molecule has 154 valence electrons. The van der Waals surface area contributed by atoms with Crippen LogP contribution in [0.1, 0.15) is 31.5 Å². The van der Waals surface area contributed by atoms with Crippen molar-refractivity contribution >= 4 is 29.0 Å². The van der Waals surface area contributed by atoms with Crippen molar-refractivity contribution in [1.29, 1.82) is 0 Å². The van der Waals surface area contributed by atoms with E-state index in [4.69, 9.17) is 0 Å². The van der Waals surface area contributed by atoms with Gasteiger partial charge >= 0.3 is 0 Å². The second kappa shape index (κ2) is 8.40. The minimum Gasteiger partial charge on any atom is -0.368 e. The van der Waals surface area contributed by atoms with Gasteiger partial charge in [-0.25, -0.2) is 0 Å². The first-order chi connectivity index (χ1) is 14.1. The molecule has 2 heterocycles. The summed E-state index contributed by atoms with van der Waals surface area (Å²) in [5.41, 5.74) is 1.03. The summed E-state index contributed by atoms with van der Waals surface area (Å²) in [7, 11) is 0. The molecule has 0 atom stereocenters. The van der Waals surface area contributed by atoms with Gasteiger partial charge in [0.05, 0.1) is 10.7 Å². The van der Waals surface area contributed by atoms with Crippen molar-refractivity contribution in [2.75, 3.05) is 36.8 Å². The quantitative estimate of drug-likeness (QED) is 0.389. The smallest absolute Gasteiger partial charge is 0.269 e. The Morgan fingerprint density at radius 1 is 1.17 bits per heavy atom. The first kappa shape index (κ1) is 19.7. The molecule has 29 heavy (non-hydrogen) atoms. The van der Waals surface area contributed by atoms with E-state index in [9.17, 15) is 14.9 Å². The molecule has 0 N–H and O–H groups in total. The number of nitro groups is 1. The zero-order chi connectivity index (χ0) is 20.4. The molecule has 1 saturated carbocycles. The Labute approximate surface area is 173 Å². The maximum absolute atomic E-state index is 12.6. The molecule has 0 radical (unpaired) electrons. The number of aromatic nitrogens is 3. The van der Waals surface area contributed by atoms with Crippen molar-refractivity contribution in [3.63, 3.8) is 0 Å². The number of hydrogen-bond acceptors (Lipinski definition) is 7. The number of amides is 1. The number of carbonyl (C=O) groups excluding carboxylic acids is 1. The van der Waals surface area contributed by atoms with Crippen molar-refractivity contribution in [1.82, 2.24) is 19.7 Å². The van der Waals surface area contributed by atoms with E-state index in [1.165, 1.54) is 36.7 Å². The highest BCUT2D eigenvalue weighted by Crippen LogP contribution is 2.40. The maximum atomic E-state index is 12.6. The van der Waals surface area contributed by atoms with Crippen molar-refractivity contribution in [3.05, 3.63) is 40.2 Å². The third kappa shape index (κ3) is 4.36. The summed E-state index contributed by atoms with van der Waals surface area (Å²) in [5, 5.41) is 20.2. The zero-order valence-corrected chi connectivity index (χ0v) is 17.2. The Bertz CT molecular complexity index is 888. The molecule has 10 heteroatoms. The standard InChI is InChI=1S/C19H24N6O3S/c1-2-24-18(14-3-4-14)20-21-19(24)29-13-17(26)23-11-9-22(10-12-23)15-5-7-16(8-6-15)25(27)28/h5-8,14H,2-4,9-13H2,1H3. The molecule has 2 aromatic rings. The number of nitrogens with zero attached hydrogens (tertiary/aromatic N) is 6. The monoisotopic (exact) mass is 416 g/mol. The molecule has 1 aromatic carbocycles. The SMILES string of the molecule is CCn1c(SCC(=O)N2CCN(c3ccc([N+](=O)[O-])cc3)CC2)nnc1C1CC1. The van der Waals surface area contributed by atoms with Crippen LogP contribution < -0.4 is 4.90 Å². The van der Waals surface area contributed by atoms with E-state index in [0.29, 0.717) is 37.8 Å². The number of benzene rings is 1. The van der Waals surface area contributed by atoms with Crippen molar-refractivity contribution in [2.45, 2.75) is 37.4 Å². The van der Waals surface area contributed by atoms with Crippen LogP contribution in [0.5, 0.6) is 0 Å². The van der Waals surface area contributed by atoms with Crippen molar-refractivity contribution < 1.29 is 9.72 Å². The van der Waals surface area contributed by atoms with Gasteiger partial charge in [0.1, 0.15) is 5.82 Å². The number of piperazine rings is 1. The third-order valence-electron chi connectivity index (χ3n) is 5.39. The number of hydrogen-bond donors (Lipinski definition) is 0. The lowest BCUT2D eigenvalue weighted by Gasteiger charge is -2.36. The van der Waals surface area contributed by atoms with E-state index in [1.807, 2.05) is 4.90 Å². The average molecular weight is 417 g/mol. The van der Waals surface area contributed by atoms with Crippen LogP contribution in [0.3, 0.4) is 0 Å². The largest absolute Gasteiger partial charge is 0.368 e. The number of carbonyl (C=O) groups is 1. The molecule has 1 aliphatic carbocycles. The molecular weight excluding hydrogens is 392 g/mol. The number of nitro benzene ring substituents is 1. The summed E-state index contributed by atoms with van der Waals surface area (Å²) in [6.07, 6.45) is 2.36. The van der Waals surface area contributed by atoms with Crippen LogP contribution >= 0.6 is 11.8 Å². The number of thioether (sulfide) groups is 1. The topological polar surface area (TPSA) is 97.4 Å². The number of anilines is 1. The minimum atomic E-state index is -0.398. The van der Waals surface area contributed by atoms with Gasteiger partial charge in [-0.3, -0.25) is 14.9 Å². The van der Waals surface area contributed by atoms with Gasteiger partial charge in [-0.05, 0) is 31.9 Å². The van der Waals surface area contributed by atoms with Crippen LogP contribution in [-0.4, -0.2) is 62.4 Å². The molecule has 1 saturated heterocycles. The maximum Gasteiger partial charge on any atom is 0.269 e. The Balaban J connectivity index is 1.28. The summed E-state index contributed by atoms with van der Waals surface area (Å²) in [4.78, 5) is 27.1. The molecule has 0 unspecified atom stereocenters. The number of non-ortho nitro benzene ring substituents is 1. The highest BCUT2D eigenvalue weighted by molar-refractivity contribution is 7.99. The van der Waals surface area contributed by atoms with Crippen LogP contribution in [0.15, 0.2) is 29.4 Å². The van der Waals surface area contributed by atoms with Gasteiger partial charge < -0.3 is 14.4 Å². The summed E-state index contributed by atoms with van der Waals surface area (Å²) in [6, 6.07) is 6.56. The lowest BCUT2D eigenvalue weighted by atomic mass is 10.2. The van der Waals surface area contributed by atoms with Crippen molar-refractivity contribution in [3.8, 4) is 0 Å². The molecule has 0 bridgehead atoms. The lowest BCUT2D eigenvalue weighted by Crippen LogP contribution is -2.49. The molecule has 1 amide bonds. The summed E-state index contributed by atoms with van der Waals surface area (Å²) in [5.74, 6) is 2.07. The fourth-order valence-electron chi connectivity index (χ4n) is 3.56. The summed E-state index contributed by atoms with van der Waals surface area (Å²) in [6.45, 7) is 5.62. The highest BCUT2D eigenvalue weighted by atomic mass is 32.2. The van der Waals surface area contributed by atoms with Crippen LogP contribution in [-0.2, 0) is 11.3 Å². The van der Waals surface area contributed by atoms with E-state index in [-0.39, 0.29) is 11.6 Å². The highest BCUT2D eigenvalue weighted by Gasteiger charge is 2.30. The Kier molecular flexibility index (Phi) is 5.70. The van der Waals surface area contributed by atoms with Crippen molar-refractivity contribution in [2.24, 2.45) is 0 Å². The van der Waals surface area contributed by atoms with E-state index >= 15 is 0 Å². The normalized spacial score (nSPS) is 16.9. The van der Waals surface area contributed by atoms with Gasteiger partial charge in [0.15, 0.2) is 5.16 Å². The van der Waals surface area contributed by atoms with E-state index < -0.39 is 4.92 Å². The predicted octanol–water partition coefficient (Wildman–Crippen LogP) is 2.52. The van der Waals surface area contributed by atoms with Gasteiger partial charge in [-0.2, -0.15) is 0 Å². The van der Waals surface area contributed by atoms with Gasteiger partial charge in [0, 0.05) is 56.5 Å². The fourth-order valence-corrected chi connectivity index (χ4v) is 4.48. The van der Waals surface area contributed by atoms with E-state index in [1.54, 1.807) is 12.1 Å². The molecule has 2 aliphatic rings. The first-order valence-corrected chi connectivity index (χ1v) is 10.9. The molecule has 1 aliphatic heterocycles. The van der Waals surface area contributed by atoms with E-state index in [0.717, 1.165) is 23.2 Å². The van der Waals surface area contributed by atoms with Gasteiger partial charge in [-0.15, -0.1) is 10.2 Å². The Hall–Kier alpha value is -2.62. The molecule has 0 spiro atoms. The van der Waals surface area contributed by atoms with Gasteiger partial charge in [0.25, 0.3) is 5.69 Å². The van der Waals surface area contributed by atoms with Crippen LogP contribution in [0.25, 0.3) is 0 Å². The Morgan fingerprint density at radius 2 is 1.86 bits per heavy atom.